The lowest BCUT2D eigenvalue weighted by atomic mass is 10.0. The van der Waals surface area contributed by atoms with Gasteiger partial charge in [0, 0.05) is 12.5 Å². The molecule has 1 unspecified atom stereocenters. The zero-order valence-corrected chi connectivity index (χ0v) is 6.26. The lowest BCUT2D eigenvalue weighted by Gasteiger charge is -2.00. The normalized spacial score (nSPS) is 25.9. The van der Waals surface area contributed by atoms with Crippen molar-refractivity contribution < 1.29 is 4.79 Å². The predicted molar refractivity (Wildman–Crippen MR) is 40.8 cm³/mol. The summed E-state index contributed by atoms with van der Waals surface area (Å²) in [6, 6.07) is 0. The number of ketones is 1. The lowest BCUT2D eigenvalue weighted by molar-refractivity contribution is -0.117. The quantitative estimate of drug-likeness (QED) is 0.572. The van der Waals surface area contributed by atoms with Crippen LogP contribution in [0.5, 0.6) is 0 Å². The van der Waals surface area contributed by atoms with Crippen LogP contribution in [0.2, 0.25) is 0 Å². The van der Waals surface area contributed by atoms with Gasteiger partial charge in [0.1, 0.15) is 0 Å². The van der Waals surface area contributed by atoms with Gasteiger partial charge in [0.15, 0.2) is 5.78 Å². The van der Waals surface area contributed by atoms with Gasteiger partial charge in [-0.25, -0.2) is 0 Å². The highest BCUT2D eigenvalue weighted by atomic mass is 16.1. The first-order chi connectivity index (χ1) is 4.84. The summed E-state index contributed by atoms with van der Waals surface area (Å²) in [5, 5.41) is 3.16. The average Bonchev–Trinajstić information content (AvgIpc) is 2.38. The van der Waals surface area contributed by atoms with Gasteiger partial charge in [-0.05, 0) is 26.0 Å². The molecule has 1 fully saturated rings. The maximum absolute atomic E-state index is 11.1. The molecule has 0 aromatic carbocycles. The Labute approximate surface area is 61.3 Å². The highest BCUT2D eigenvalue weighted by Gasteiger charge is 2.19. The standard InChI is InChI=1S/C8H13NO/c1-2-3-8(10)7-4-5-9-6-7/h2-3,7,9H,4-6H2,1H3. The van der Waals surface area contributed by atoms with E-state index in [-0.39, 0.29) is 11.7 Å². The maximum Gasteiger partial charge on any atom is 0.159 e. The van der Waals surface area contributed by atoms with Gasteiger partial charge in [-0.1, -0.05) is 6.08 Å². The fraction of sp³-hybridized carbons (Fsp3) is 0.625. The number of hydrogen-bond donors (Lipinski definition) is 1. The molecule has 0 bridgehead atoms. The lowest BCUT2D eigenvalue weighted by Crippen LogP contribution is -2.15. The second-order valence-corrected chi connectivity index (χ2v) is 2.59. The Morgan fingerprint density at radius 2 is 2.50 bits per heavy atom. The van der Waals surface area contributed by atoms with Gasteiger partial charge in [0.05, 0.1) is 0 Å². The van der Waals surface area contributed by atoms with Crippen LogP contribution in [-0.2, 0) is 4.79 Å². The van der Waals surface area contributed by atoms with Crippen LogP contribution in [0.1, 0.15) is 13.3 Å². The molecule has 1 aliphatic heterocycles. The molecule has 2 heteroatoms. The first kappa shape index (κ1) is 7.48. The molecule has 0 saturated carbocycles. The molecule has 0 aliphatic carbocycles. The van der Waals surface area contributed by atoms with Crippen molar-refractivity contribution in [3.63, 3.8) is 0 Å². The van der Waals surface area contributed by atoms with E-state index in [1.54, 1.807) is 12.2 Å². The van der Waals surface area contributed by atoms with Crippen LogP contribution in [0.4, 0.5) is 0 Å². The summed E-state index contributed by atoms with van der Waals surface area (Å²) in [6.07, 6.45) is 4.47. The Morgan fingerprint density at radius 1 is 1.70 bits per heavy atom. The summed E-state index contributed by atoms with van der Waals surface area (Å²) in [7, 11) is 0. The predicted octanol–water partition coefficient (Wildman–Crippen LogP) is 0.741. The van der Waals surface area contributed by atoms with Crippen molar-refractivity contribution in [2.45, 2.75) is 13.3 Å². The summed E-state index contributed by atoms with van der Waals surface area (Å²) >= 11 is 0. The topological polar surface area (TPSA) is 29.1 Å². The third-order valence-electron chi connectivity index (χ3n) is 1.79. The van der Waals surface area contributed by atoms with E-state index < -0.39 is 0 Å². The third-order valence-corrected chi connectivity index (χ3v) is 1.79. The van der Waals surface area contributed by atoms with Crippen molar-refractivity contribution in [2.75, 3.05) is 13.1 Å². The molecule has 1 atom stereocenters. The zero-order valence-electron chi connectivity index (χ0n) is 6.26. The minimum Gasteiger partial charge on any atom is -0.316 e. The SMILES string of the molecule is CC=CC(=O)C1CCNC1. The zero-order chi connectivity index (χ0) is 7.40. The number of carbonyl (C=O) groups excluding carboxylic acids is 1. The first-order valence-electron chi connectivity index (χ1n) is 3.72. The number of rotatable bonds is 2. The van der Waals surface area contributed by atoms with E-state index in [1.165, 1.54) is 0 Å². The molecule has 1 rings (SSSR count). The molecule has 1 aliphatic rings. The highest BCUT2D eigenvalue weighted by Crippen LogP contribution is 2.08. The van der Waals surface area contributed by atoms with Crippen molar-refractivity contribution >= 4 is 5.78 Å². The van der Waals surface area contributed by atoms with Crippen LogP contribution < -0.4 is 5.32 Å². The smallest absolute Gasteiger partial charge is 0.159 e. The molecule has 0 aromatic heterocycles. The molecule has 0 aromatic rings. The number of hydrogen-bond acceptors (Lipinski definition) is 2. The second kappa shape index (κ2) is 3.52. The summed E-state index contributed by atoms with van der Waals surface area (Å²) in [4.78, 5) is 11.1. The molecular weight excluding hydrogens is 126 g/mol. The minimum absolute atomic E-state index is 0.246. The van der Waals surface area contributed by atoms with Crippen LogP contribution in [0, 0.1) is 5.92 Å². The molecule has 2 nitrogen and oxygen atoms in total. The molecule has 1 heterocycles. The second-order valence-electron chi connectivity index (χ2n) is 2.59. The largest absolute Gasteiger partial charge is 0.316 e. The van der Waals surface area contributed by atoms with E-state index in [0.717, 1.165) is 19.5 Å². The number of nitrogens with one attached hydrogen (secondary N) is 1. The molecular formula is C8H13NO. The van der Waals surface area contributed by atoms with Crippen molar-refractivity contribution in [1.82, 2.24) is 5.32 Å². The fourth-order valence-corrected chi connectivity index (χ4v) is 1.20. The Balaban J connectivity index is 2.40. The van der Waals surface area contributed by atoms with E-state index in [9.17, 15) is 4.79 Å². The fourth-order valence-electron chi connectivity index (χ4n) is 1.20. The van der Waals surface area contributed by atoms with Crippen LogP contribution in [0.15, 0.2) is 12.2 Å². The molecule has 10 heavy (non-hydrogen) atoms. The molecule has 0 radical (unpaired) electrons. The van der Waals surface area contributed by atoms with E-state index in [1.807, 2.05) is 6.92 Å². The molecule has 0 spiro atoms. The van der Waals surface area contributed by atoms with E-state index in [2.05, 4.69) is 5.32 Å². The van der Waals surface area contributed by atoms with E-state index in [4.69, 9.17) is 0 Å². The molecule has 0 amide bonds. The average molecular weight is 139 g/mol. The summed E-state index contributed by atoms with van der Waals surface area (Å²) in [5.74, 6) is 0.517. The van der Waals surface area contributed by atoms with Gasteiger partial charge in [-0.15, -0.1) is 0 Å². The van der Waals surface area contributed by atoms with Gasteiger partial charge in [0.2, 0.25) is 0 Å². The van der Waals surface area contributed by atoms with Crippen LogP contribution in [-0.4, -0.2) is 18.9 Å². The Hall–Kier alpha value is -0.630. The molecule has 56 valence electrons. The monoisotopic (exact) mass is 139 g/mol. The van der Waals surface area contributed by atoms with Crippen molar-refractivity contribution in [2.24, 2.45) is 5.92 Å². The van der Waals surface area contributed by atoms with Crippen molar-refractivity contribution in [3.05, 3.63) is 12.2 Å². The summed E-state index contributed by atoms with van der Waals surface area (Å²) in [5.41, 5.74) is 0. The number of allylic oxidation sites excluding steroid dienone is 2. The maximum atomic E-state index is 11.1. The highest BCUT2D eigenvalue weighted by molar-refractivity contribution is 5.91. The Morgan fingerprint density at radius 3 is 3.00 bits per heavy atom. The molecule has 1 saturated heterocycles. The first-order valence-corrected chi connectivity index (χ1v) is 3.72. The molecule has 1 N–H and O–H groups in total. The van der Waals surface area contributed by atoms with Gasteiger partial charge in [0.25, 0.3) is 0 Å². The minimum atomic E-state index is 0.246. The van der Waals surface area contributed by atoms with Gasteiger partial charge in [-0.2, -0.15) is 0 Å². The van der Waals surface area contributed by atoms with Gasteiger partial charge >= 0.3 is 0 Å². The summed E-state index contributed by atoms with van der Waals surface area (Å²) in [6.45, 7) is 3.73. The van der Waals surface area contributed by atoms with E-state index >= 15 is 0 Å². The Bertz CT molecular complexity index is 145. The van der Waals surface area contributed by atoms with Crippen LogP contribution in [0.3, 0.4) is 0 Å². The Kier molecular flexibility index (Phi) is 2.63. The number of carbonyl (C=O) groups is 1. The van der Waals surface area contributed by atoms with Crippen molar-refractivity contribution in [1.29, 1.82) is 0 Å². The summed E-state index contributed by atoms with van der Waals surface area (Å²) < 4.78 is 0. The van der Waals surface area contributed by atoms with Crippen LogP contribution >= 0.6 is 0 Å². The van der Waals surface area contributed by atoms with Crippen LogP contribution in [0.25, 0.3) is 0 Å². The van der Waals surface area contributed by atoms with Crippen molar-refractivity contribution in [3.8, 4) is 0 Å². The van der Waals surface area contributed by atoms with Gasteiger partial charge < -0.3 is 5.32 Å². The van der Waals surface area contributed by atoms with Gasteiger partial charge in [-0.3, -0.25) is 4.79 Å². The van der Waals surface area contributed by atoms with E-state index in [0.29, 0.717) is 0 Å². The third kappa shape index (κ3) is 1.67.